The first-order chi connectivity index (χ1) is 13.6. The highest BCUT2D eigenvalue weighted by Crippen LogP contribution is 2.30. The van der Waals surface area contributed by atoms with Gasteiger partial charge in [-0.2, -0.15) is 0 Å². The first kappa shape index (κ1) is 19.6. The molecule has 8 heteroatoms. The van der Waals surface area contributed by atoms with Gasteiger partial charge in [0, 0.05) is 37.8 Å². The van der Waals surface area contributed by atoms with Crippen LogP contribution in [0.15, 0.2) is 36.9 Å². The number of hydrogen-bond acceptors (Lipinski definition) is 5. The maximum absolute atomic E-state index is 12.0. The number of ether oxygens (including phenoxy) is 1. The van der Waals surface area contributed by atoms with Crippen LogP contribution in [0.25, 0.3) is 0 Å². The van der Waals surface area contributed by atoms with E-state index in [1.54, 1.807) is 18.6 Å². The first-order valence-corrected chi connectivity index (χ1v) is 9.38. The van der Waals surface area contributed by atoms with Crippen LogP contribution in [0.5, 0.6) is 5.75 Å². The van der Waals surface area contributed by atoms with Crippen LogP contribution in [0.1, 0.15) is 48.9 Å². The third-order valence-corrected chi connectivity index (χ3v) is 4.63. The number of carboxylic acid groups (broad SMARTS) is 1. The average Bonchev–Trinajstić information content (AvgIpc) is 3.30. The normalized spacial score (nSPS) is 13.9. The molecule has 1 N–H and O–H groups in total. The third-order valence-electron chi connectivity index (χ3n) is 4.63. The number of benzene rings is 1. The van der Waals surface area contributed by atoms with Crippen LogP contribution < -0.4 is 9.64 Å². The van der Waals surface area contributed by atoms with Gasteiger partial charge in [-0.15, -0.1) is 0 Å². The number of carbonyl (C=O) groups is 3. The van der Waals surface area contributed by atoms with E-state index in [-0.39, 0.29) is 35.9 Å². The zero-order valence-electron chi connectivity index (χ0n) is 15.5. The quantitative estimate of drug-likeness (QED) is 0.498. The second kappa shape index (κ2) is 9.16. The largest absolute Gasteiger partial charge is 0.494 e. The summed E-state index contributed by atoms with van der Waals surface area (Å²) in [7, 11) is 0. The molecule has 0 unspecified atom stereocenters. The number of imidazole rings is 1. The zero-order valence-corrected chi connectivity index (χ0v) is 15.5. The molecule has 8 nitrogen and oxygen atoms in total. The van der Waals surface area contributed by atoms with Gasteiger partial charge in [-0.25, -0.2) is 14.7 Å². The van der Waals surface area contributed by atoms with E-state index in [4.69, 9.17) is 4.74 Å². The Bertz CT molecular complexity index is 832. The molecule has 0 aliphatic carbocycles. The lowest BCUT2D eigenvalue weighted by atomic mass is 10.1. The number of anilines is 1. The Morgan fingerprint density at radius 1 is 1.11 bits per heavy atom. The van der Waals surface area contributed by atoms with Gasteiger partial charge in [-0.3, -0.25) is 9.59 Å². The maximum Gasteiger partial charge on any atom is 0.337 e. The fourth-order valence-corrected chi connectivity index (χ4v) is 3.17. The van der Waals surface area contributed by atoms with Crippen molar-refractivity contribution < 1.29 is 24.2 Å². The second-order valence-electron chi connectivity index (χ2n) is 6.67. The highest BCUT2D eigenvalue weighted by molar-refractivity contribution is 6.21. The van der Waals surface area contributed by atoms with E-state index in [1.165, 1.54) is 12.1 Å². The van der Waals surface area contributed by atoms with Crippen LogP contribution in [-0.4, -0.2) is 39.0 Å². The Hall–Kier alpha value is -3.16. The van der Waals surface area contributed by atoms with Crippen LogP contribution >= 0.6 is 0 Å². The number of carboxylic acids is 1. The number of amides is 2. The predicted molar refractivity (Wildman–Crippen MR) is 101 cm³/mol. The van der Waals surface area contributed by atoms with Gasteiger partial charge in [0.25, 0.3) is 0 Å². The molecule has 0 atom stereocenters. The summed E-state index contributed by atoms with van der Waals surface area (Å²) < 4.78 is 7.75. The minimum atomic E-state index is -1.19. The molecule has 2 amide bonds. The smallest absolute Gasteiger partial charge is 0.337 e. The van der Waals surface area contributed by atoms with E-state index in [1.807, 2.05) is 10.8 Å². The monoisotopic (exact) mass is 385 g/mol. The van der Waals surface area contributed by atoms with Crippen molar-refractivity contribution in [1.82, 2.24) is 9.55 Å². The minimum Gasteiger partial charge on any atom is -0.494 e. The molecule has 1 fully saturated rings. The SMILES string of the molecule is O=C(O)c1ccc(OCCCCCCn2ccnc2)cc1N1C(=O)CCC1=O. The van der Waals surface area contributed by atoms with Crippen molar-refractivity contribution >= 4 is 23.5 Å². The van der Waals surface area contributed by atoms with Gasteiger partial charge in [-0.05, 0) is 25.0 Å². The number of aryl methyl sites for hydroxylation is 1. The molecule has 2 aromatic rings. The first-order valence-electron chi connectivity index (χ1n) is 9.38. The Labute approximate surface area is 162 Å². The Balaban J connectivity index is 1.51. The van der Waals surface area contributed by atoms with Gasteiger partial charge < -0.3 is 14.4 Å². The molecule has 0 bridgehead atoms. The lowest BCUT2D eigenvalue weighted by Crippen LogP contribution is -2.30. The Morgan fingerprint density at radius 3 is 2.54 bits per heavy atom. The number of aromatic carboxylic acids is 1. The summed E-state index contributed by atoms with van der Waals surface area (Å²) in [4.78, 5) is 40.4. The molecule has 1 aromatic heterocycles. The number of aromatic nitrogens is 2. The summed E-state index contributed by atoms with van der Waals surface area (Å²) in [5.74, 6) is -1.51. The molecule has 1 aliphatic rings. The van der Waals surface area contributed by atoms with Gasteiger partial charge in [-0.1, -0.05) is 12.8 Å². The number of hydrogen-bond donors (Lipinski definition) is 1. The molecule has 0 radical (unpaired) electrons. The number of unbranched alkanes of at least 4 members (excludes halogenated alkanes) is 3. The summed E-state index contributed by atoms with van der Waals surface area (Å²) in [6.07, 6.45) is 9.72. The van der Waals surface area contributed by atoms with E-state index in [2.05, 4.69) is 4.98 Å². The molecule has 3 rings (SSSR count). The molecule has 2 heterocycles. The summed E-state index contributed by atoms with van der Waals surface area (Å²) in [5.41, 5.74) is -0.00622. The predicted octanol–water partition coefficient (Wildman–Crippen LogP) is 2.87. The average molecular weight is 385 g/mol. The van der Waals surface area contributed by atoms with Crippen molar-refractivity contribution in [3.63, 3.8) is 0 Å². The van der Waals surface area contributed by atoms with Crippen molar-refractivity contribution in [2.24, 2.45) is 0 Å². The second-order valence-corrected chi connectivity index (χ2v) is 6.67. The molecule has 0 saturated carbocycles. The Kier molecular flexibility index (Phi) is 6.41. The van der Waals surface area contributed by atoms with Gasteiger partial charge in [0.05, 0.1) is 24.2 Å². The molecular formula is C20H23N3O5. The van der Waals surface area contributed by atoms with Crippen LogP contribution in [0.4, 0.5) is 5.69 Å². The highest BCUT2D eigenvalue weighted by Gasteiger charge is 2.33. The number of nitrogens with zero attached hydrogens (tertiary/aromatic N) is 3. The fraction of sp³-hybridized carbons (Fsp3) is 0.400. The van der Waals surface area contributed by atoms with Crippen LogP contribution in [0.3, 0.4) is 0 Å². The fourth-order valence-electron chi connectivity index (χ4n) is 3.17. The van der Waals surface area contributed by atoms with Crippen molar-refractivity contribution in [2.75, 3.05) is 11.5 Å². The molecule has 1 saturated heterocycles. The van der Waals surface area contributed by atoms with E-state index >= 15 is 0 Å². The molecule has 148 valence electrons. The van der Waals surface area contributed by atoms with Crippen molar-refractivity contribution in [3.8, 4) is 5.75 Å². The van der Waals surface area contributed by atoms with Crippen LogP contribution in [0.2, 0.25) is 0 Å². The standard InChI is InChI=1S/C20H23N3O5/c24-18-7-8-19(25)23(18)17-13-15(5-6-16(17)20(26)27)28-12-4-2-1-3-10-22-11-9-21-14-22/h5-6,9,11,13-14H,1-4,7-8,10,12H2,(H,26,27). The summed E-state index contributed by atoms with van der Waals surface area (Å²) >= 11 is 0. The van der Waals surface area contributed by atoms with E-state index in [0.717, 1.165) is 37.1 Å². The number of imide groups is 1. The molecular weight excluding hydrogens is 362 g/mol. The van der Waals surface area contributed by atoms with Crippen LogP contribution in [-0.2, 0) is 16.1 Å². The van der Waals surface area contributed by atoms with Crippen molar-refractivity contribution in [3.05, 3.63) is 42.5 Å². The van der Waals surface area contributed by atoms with Crippen molar-refractivity contribution in [2.45, 2.75) is 45.1 Å². The summed E-state index contributed by atoms with van der Waals surface area (Å²) in [5, 5.41) is 9.36. The lowest BCUT2D eigenvalue weighted by molar-refractivity contribution is -0.121. The van der Waals surface area contributed by atoms with Gasteiger partial charge >= 0.3 is 5.97 Å². The molecule has 1 aliphatic heterocycles. The Morgan fingerprint density at radius 2 is 1.86 bits per heavy atom. The van der Waals surface area contributed by atoms with Gasteiger partial charge in [0.2, 0.25) is 11.8 Å². The van der Waals surface area contributed by atoms with Gasteiger partial charge in [0.15, 0.2) is 0 Å². The van der Waals surface area contributed by atoms with E-state index in [0.29, 0.717) is 12.4 Å². The highest BCUT2D eigenvalue weighted by atomic mass is 16.5. The minimum absolute atomic E-state index is 0.0813. The molecule has 1 aromatic carbocycles. The lowest BCUT2D eigenvalue weighted by Gasteiger charge is -2.18. The van der Waals surface area contributed by atoms with Crippen LogP contribution in [0, 0.1) is 0 Å². The topological polar surface area (TPSA) is 102 Å². The number of rotatable bonds is 10. The summed E-state index contributed by atoms with van der Waals surface area (Å²) in [6.45, 7) is 1.43. The van der Waals surface area contributed by atoms with E-state index < -0.39 is 5.97 Å². The van der Waals surface area contributed by atoms with E-state index in [9.17, 15) is 19.5 Å². The molecule has 28 heavy (non-hydrogen) atoms. The maximum atomic E-state index is 12.0. The van der Waals surface area contributed by atoms with Gasteiger partial charge in [0.1, 0.15) is 5.75 Å². The number of carbonyl (C=O) groups excluding carboxylic acids is 2. The van der Waals surface area contributed by atoms with Crippen molar-refractivity contribution in [1.29, 1.82) is 0 Å². The third kappa shape index (κ3) is 4.76. The summed E-state index contributed by atoms with van der Waals surface area (Å²) in [6, 6.07) is 4.39. The zero-order chi connectivity index (χ0) is 19.9. The molecule has 0 spiro atoms.